The number of aliphatic hydroxyl groups excluding tert-OH is 5. The smallest absolute Gasteiger partial charge is 0.249 e. The fourth-order valence-corrected chi connectivity index (χ4v) is 6.91. The molecule has 18 nitrogen and oxygen atoms in total. The van der Waals surface area contributed by atoms with Gasteiger partial charge in [-0.3, -0.25) is 4.79 Å². The first-order valence-electron chi connectivity index (χ1n) is 18.6. The summed E-state index contributed by atoms with van der Waals surface area (Å²) in [6.45, 7) is 4.64. The SMILES string of the molecule is NCCC(O)C(=O)NC1CC(N)CC(OC2CCC(CO)O2)C1.NC[C@@H]1O[C@H](O)[C@H](N)C(O)[C@@H]1O.OC1(CNCC2CCCCO2)CCNCC1. The molecule has 4 heterocycles. The molecule has 0 bridgehead atoms. The van der Waals surface area contributed by atoms with Crippen LogP contribution in [0.1, 0.15) is 70.6 Å². The van der Waals surface area contributed by atoms with Crippen LogP contribution in [0, 0.1) is 0 Å². The fourth-order valence-electron chi connectivity index (χ4n) is 6.91. The molecule has 5 rings (SSSR count). The van der Waals surface area contributed by atoms with E-state index in [2.05, 4.69) is 16.0 Å². The van der Waals surface area contributed by atoms with E-state index in [1.165, 1.54) is 12.8 Å². The molecule has 0 radical (unpaired) electrons. The highest BCUT2D eigenvalue weighted by molar-refractivity contribution is 5.80. The van der Waals surface area contributed by atoms with Gasteiger partial charge in [0.05, 0.1) is 36.6 Å². The molecule has 0 aromatic carbocycles. The predicted octanol–water partition coefficient (Wildman–Crippen LogP) is -4.45. The van der Waals surface area contributed by atoms with Crippen molar-refractivity contribution < 1.29 is 54.4 Å². The first kappa shape index (κ1) is 44.2. The van der Waals surface area contributed by atoms with Crippen molar-refractivity contribution in [3.8, 4) is 0 Å². The normalized spacial score (nSPS) is 37.3. The van der Waals surface area contributed by atoms with E-state index in [0.29, 0.717) is 31.9 Å². The van der Waals surface area contributed by atoms with Crippen LogP contribution in [0.25, 0.3) is 0 Å². The average Bonchev–Trinajstić information content (AvgIpc) is 3.57. The van der Waals surface area contributed by atoms with E-state index >= 15 is 0 Å². The maximum atomic E-state index is 11.9. The quantitative estimate of drug-likeness (QED) is 0.0898. The van der Waals surface area contributed by atoms with Gasteiger partial charge in [0.25, 0.3) is 0 Å². The Labute approximate surface area is 301 Å². The lowest BCUT2D eigenvalue weighted by Gasteiger charge is -2.38. The molecular formula is C33H67N7O11. The van der Waals surface area contributed by atoms with Gasteiger partial charge in [0.2, 0.25) is 5.91 Å². The van der Waals surface area contributed by atoms with Crippen LogP contribution in [0.15, 0.2) is 0 Å². The van der Waals surface area contributed by atoms with Crippen LogP contribution in [0.2, 0.25) is 0 Å². The number of amides is 1. The molecule has 18 heteroatoms. The van der Waals surface area contributed by atoms with Crippen molar-refractivity contribution in [3.63, 3.8) is 0 Å². The molecular weight excluding hydrogens is 670 g/mol. The topological polar surface area (TPSA) is 316 Å². The molecule has 51 heavy (non-hydrogen) atoms. The summed E-state index contributed by atoms with van der Waals surface area (Å²) in [5.74, 6) is -0.411. The molecule has 1 amide bonds. The van der Waals surface area contributed by atoms with Crippen LogP contribution in [-0.4, -0.2) is 168 Å². The summed E-state index contributed by atoms with van der Waals surface area (Å²) in [4.78, 5) is 11.9. The van der Waals surface area contributed by atoms with Gasteiger partial charge in [0, 0.05) is 44.7 Å². The highest BCUT2D eigenvalue weighted by Crippen LogP contribution is 2.27. The first-order chi connectivity index (χ1) is 24.4. The van der Waals surface area contributed by atoms with Crippen molar-refractivity contribution in [2.75, 3.05) is 52.5 Å². The van der Waals surface area contributed by atoms with Crippen molar-refractivity contribution in [3.05, 3.63) is 0 Å². The van der Waals surface area contributed by atoms with Gasteiger partial charge in [-0.15, -0.1) is 0 Å². The van der Waals surface area contributed by atoms with Gasteiger partial charge in [0.15, 0.2) is 12.6 Å². The van der Waals surface area contributed by atoms with Gasteiger partial charge in [-0.05, 0) is 83.8 Å². The highest BCUT2D eigenvalue weighted by Gasteiger charge is 2.41. The molecule has 0 aromatic heterocycles. The second-order valence-electron chi connectivity index (χ2n) is 14.4. The third-order valence-electron chi connectivity index (χ3n) is 10.0. The highest BCUT2D eigenvalue weighted by atomic mass is 16.7. The monoisotopic (exact) mass is 737 g/mol. The number of aliphatic hydroxyl groups is 6. The largest absolute Gasteiger partial charge is 0.394 e. The Hall–Kier alpha value is -1.17. The van der Waals surface area contributed by atoms with Gasteiger partial charge in [-0.25, -0.2) is 0 Å². The van der Waals surface area contributed by atoms with Gasteiger partial charge in [-0.1, -0.05) is 0 Å². The van der Waals surface area contributed by atoms with E-state index in [1.807, 2.05) is 0 Å². The molecule has 4 aliphatic heterocycles. The molecule has 8 unspecified atom stereocenters. The third kappa shape index (κ3) is 15.2. The Balaban J connectivity index is 0.000000219. The first-order valence-corrected chi connectivity index (χ1v) is 18.6. The van der Waals surface area contributed by atoms with E-state index in [-0.39, 0.29) is 56.7 Å². The summed E-state index contributed by atoms with van der Waals surface area (Å²) in [5, 5.41) is 66.1. The van der Waals surface area contributed by atoms with E-state index in [9.17, 15) is 25.2 Å². The second kappa shape index (κ2) is 22.9. The average molecular weight is 738 g/mol. The van der Waals surface area contributed by atoms with E-state index in [1.54, 1.807) is 0 Å². The molecule has 0 spiro atoms. The minimum atomic E-state index is -1.27. The number of hydrogen-bond acceptors (Lipinski definition) is 17. The lowest BCUT2D eigenvalue weighted by Crippen LogP contribution is -2.62. The van der Waals surface area contributed by atoms with Crippen LogP contribution in [0.4, 0.5) is 0 Å². The Morgan fingerprint density at radius 2 is 1.73 bits per heavy atom. The van der Waals surface area contributed by atoms with E-state index in [4.69, 9.17) is 52.1 Å². The van der Waals surface area contributed by atoms with Crippen molar-refractivity contribution in [2.24, 2.45) is 22.9 Å². The maximum Gasteiger partial charge on any atom is 0.249 e. The number of carbonyl (C=O) groups excluding carboxylic acids is 1. The minimum absolute atomic E-state index is 0.00174. The van der Waals surface area contributed by atoms with Crippen molar-refractivity contribution in [1.82, 2.24) is 16.0 Å². The summed E-state index contributed by atoms with van der Waals surface area (Å²) in [5.41, 5.74) is 21.4. The van der Waals surface area contributed by atoms with Gasteiger partial charge in [-0.2, -0.15) is 0 Å². The summed E-state index contributed by atoms with van der Waals surface area (Å²) in [7, 11) is 0. The Kier molecular flexibility index (Phi) is 19.9. The van der Waals surface area contributed by atoms with Crippen molar-refractivity contribution >= 4 is 5.91 Å². The molecule has 4 saturated heterocycles. The van der Waals surface area contributed by atoms with E-state index in [0.717, 1.165) is 58.3 Å². The number of nitrogens with two attached hydrogens (primary N) is 4. The molecule has 1 saturated carbocycles. The minimum Gasteiger partial charge on any atom is -0.394 e. The van der Waals surface area contributed by atoms with E-state index < -0.39 is 48.3 Å². The number of piperidine rings is 1. The van der Waals surface area contributed by atoms with Crippen LogP contribution in [0.3, 0.4) is 0 Å². The number of rotatable bonds is 12. The van der Waals surface area contributed by atoms with Gasteiger partial charge >= 0.3 is 0 Å². The number of carbonyl (C=O) groups is 1. The number of ether oxygens (including phenoxy) is 4. The summed E-state index contributed by atoms with van der Waals surface area (Å²) in [6, 6.07) is -1.18. The van der Waals surface area contributed by atoms with Crippen molar-refractivity contribution in [2.45, 2.75) is 150 Å². The molecule has 12 atom stereocenters. The van der Waals surface area contributed by atoms with Crippen molar-refractivity contribution in [1.29, 1.82) is 0 Å². The molecule has 0 aromatic rings. The standard InChI is InChI=1S/C15H29N3O5.C12H24N2O2.C6H14N2O4/c16-4-3-13(20)15(21)18-10-5-9(17)6-12(7-10)23-14-2-1-11(8-19)22-14;15-12(4-6-13-7-5-12)10-14-9-11-3-1-2-8-16-11;7-1-2-4(9)5(10)3(8)6(11)12-2/h9-14,19-20H,1-8,16-17H2,(H,18,21);11,13-15H,1-10H2;2-6,9-11H,1,7-8H2/t;;2-,3+,4+,5?,6-/m..0/s1. The second-order valence-corrected chi connectivity index (χ2v) is 14.4. The lowest BCUT2D eigenvalue weighted by molar-refractivity contribution is -0.238. The fraction of sp³-hybridized carbons (Fsp3) is 0.970. The predicted molar refractivity (Wildman–Crippen MR) is 187 cm³/mol. The van der Waals surface area contributed by atoms with Crippen LogP contribution < -0.4 is 38.9 Å². The maximum absolute atomic E-state index is 11.9. The number of nitrogens with one attached hydrogen (secondary N) is 3. The summed E-state index contributed by atoms with van der Waals surface area (Å²) >= 11 is 0. The van der Waals surface area contributed by atoms with Gasteiger partial charge < -0.3 is 88.5 Å². The summed E-state index contributed by atoms with van der Waals surface area (Å²) < 4.78 is 22.0. The van der Waals surface area contributed by atoms with Gasteiger partial charge in [0.1, 0.15) is 24.4 Å². The molecule has 5 aliphatic rings. The van der Waals surface area contributed by atoms with Crippen LogP contribution >= 0.6 is 0 Å². The molecule has 17 N–H and O–H groups in total. The van der Waals surface area contributed by atoms with Crippen LogP contribution in [-0.2, 0) is 23.7 Å². The third-order valence-corrected chi connectivity index (χ3v) is 10.0. The molecule has 5 fully saturated rings. The zero-order chi connectivity index (χ0) is 37.4. The molecule has 1 aliphatic carbocycles. The Bertz CT molecular complexity index is 961. The Morgan fingerprint density at radius 1 is 0.980 bits per heavy atom. The summed E-state index contributed by atoms with van der Waals surface area (Å²) in [6.07, 6.45) is 3.49. The zero-order valence-electron chi connectivity index (χ0n) is 29.9. The number of hydrogen-bond donors (Lipinski definition) is 13. The zero-order valence-corrected chi connectivity index (χ0v) is 29.9. The van der Waals surface area contributed by atoms with Crippen LogP contribution in [0.5, 0.6) is 0 Å². The Morgan fingerprint density at radius 3 is 2.35 bits per heavy atom. The molecule has 300 valence electrons. The lowest BCUT2D eigenvalue weighted by atomic mass is 9.89.